The number of nitrogens with one attached hydrogen (secondary N) is 2. The molecule has 3 aliphatic rings. The number of halogens is 2. The highest BCUT2D eigenvalue weighted by atomic mass is 19.3. The number of amides is 3. The Morgan fingerprint density at radius 3 is 2.33 bits per heavy atom. The van der Waals surface area contributed by atoms with E-state index in [-0.39, 0.29) is 50.0 Å². The maximum Gasteiger partial charge on any atom is 0.409 e. The molecular formula is C21H23F2N3O7. The highest BCUT2D eigenvalue weighted by molar-refractivity contribution is 5.71. The maximum absolute atomic E-state index is 12.9. The number of hydrogen-bond acceptors (Lipinski definition) is 7. The van der Waals surface area contributed by atoms with Gasteiger partial charge in [-0.05, 0) is 6.07 Å². The second-order valence-corrected chi connectivity index (χ2v) is 7.40. The van der Waals surface area contributed by atoms with Gasteiger partial charge in [-0.3, -0.25) is 0 Å². The normalized spacial score (nSPS) is 21.4. The van der Waals surface area contributed by atoms with Crippen molar-refractivity contribution < 1.29 is 42.5 Å². The number of hydrogen-bond donors (Lipinski definition) is 3. The van der Waals surface area contributed by atoms with Crippen LogP contribution in [0, 0.1) is 17.8 Å². The lowest BCUT2D eigenvalue weighted by molar-refractivity contribution is 0.0612. The average molecular weight is 467 g/mol. The van der Waals surface area contributed by atoms with E-state index in [1.165, 1.54) is 11.0 Å². The van der Waals surface area contributed by atoms with Crippen molar-refractivity contribution in [2.45, 2.75) is 18.5 Å². The predicted octanol–water partition coefficient (Wildman–Crippen LogP) is 1.24. The first-order valence-corrected chi connectivity index (χ1v) is 10.1. The van der Waals surface area contributed by atoms with Crippen LogP contribution in [0.4, 0.5) is 23.2 Å². The molecule has 4 rings (SSSR count). The number of benzene rings is 1. The zero-order valence-corrected chi connectivity index (χ0v) is 17.5. The minimum absolute atomic E-state index is 0.0409. The van der Waals surface area contributed by atoms with Crippen molar-refractivity contribution in [3.63, 3.8) is 0 Å². The number of aliphatic hydroxyl groups excluding tert-OH is 1. The summed E-state index contributed by atoms with van der Waals surface area (Å²) in [6.45, 7) is 1.22. The first-order valence-electron chi connectivity index (χ1n) is 10.1. The number of carbonyl (C=O) groups is 3. The molecule has 0 bridgehead atoms. The minimum atomic E-state index is -2.57. The Bertz CT molecular complexity index is 928. The molecule has 3 fully saturated rings. The van der Waals surface area contributed by atoms with Crippen LogP contribution in [0.2, 0.25) is 0 Å². The summed E-state index contributed by atoms with van der Waals surface area (Å²) < 4.78 is 40.0. The third-order valence-electron chi connectivity index (χ3n) is 4.85. The second kappa shape index (κ2) is 11.3. The van der Waals surface area contributed by atoms with Crippen molar-refractivity contribution in [3.8, 4) is 11.8 Å². The van der Waals surface area contributed by atoms with E-state index in [0.717, 1.165) is 0 Å². The molecule has 0 saturated carbocycles. The van der Waals surface area contributed by atoms with Gasteiger partial charge in [0.1, 0.15) is 25.9 Å². The molecular weight excluding hydrogens is 444 g/mol. The molecule has 3 amide bonds. The molecule has 3 aliphatic heterocycles. The Hall–Kier alpha value is -3.59. The molecule has 178 valence electrons. The van der Waals surface area contributed by atoms with Gasteiger partial charge >= 0.3 is 18.3 Å². The van der Waals surface area contributed by atoms with Crippen LogP contribution in [0.25, 0.3) is 0 Å². The largest absolute Gasteiger partial charge is 0.447 e. The summed E-state index contributed by atoms with van der Waals surface area (Å²) in [5.41, 5.74) is 0.210. The molecule has 3 saturated heterocycles. The van der Waals surface area contributed by atoms with Gasteiger partial charge in [0.25, 0.3) is 6.43 Å². The van der Waals surface area contributed by atoms with E-state index in [0.29, 0.717) is 18.7 Å². The van der Waals surface area contributed by atoms with Crippen molar-refractivity contribution in [3.05, 3.63) is 35.4 Å². The SMILES string of the molecule is O=C1N[C@H](CO)CO1.O=C1N[C@H](COC(=O)N2CC(C#Cc3ccccc3C(F)F)C2)CO1. The summed E-state index contributed by atoms with van der Waals surface area (Å²) in [6.07, 6.45) is -4.03. The third-order valence-corrected chi connectivity index (χ3v) is 4.85. The number of alkyl halides is 2. The van der Waals surface area contributed by atoms with Gasteiger partial charge in [-0.25, -0.2) is 23.2 Å². The van der Waals surface area contributed by atoms with Gasteiger partial charge in [-0.15, -0.1) is 0 Å². The number of nitrogens with zero attached hydrogens (tertiary/aromatic N) is 1. The van der Waals surface area contributed by atoms with Gasteiger partial charge in [0.15, 0.2) is 0 Å². The van der Waals surface area contributed by atoms with Gasteiger partial charge < -0.3 is 34.9 Å². The van der Waals surface area contributed by atoms with E-state index in [1.54, 1.807) is 18.2 Å². The Kier molecular flexibility index (Phi) is 8.26. The van der Waals surface area contributed by atoms with Crippen molar-refractivity contribution in [2.24, 2.45) is 5.92 Å². The first-order chi connectivity index (χ1) is 15.9. The first kappa shape index (κ1) is 24.1. The van der Waals surface area contributed by atoms with E-state index >= 15 is 0 Å². The van der Waals surface area contributed by atoms with Crippen LogP contribution in [0.3, 0.4) is 0 Å². The van der Waals surface area contributed by atoms with Gasteiger partial charge in [0.2, 0.25) is 0 Å². The second-order valence-electron chi connectivity index (χ2n) is 7.40. The van der Waals surface area contributed by atoms with Crippen LogP contribution in [0.15, 0.2) is 24.3 Å². The monoisotopic (exact) mass is 467 g/mol. The minimum Gasteiger partial charge on any atom is -0.447 e. The standard InChI is InChI=1S/C17H16F2N2O4.C4H7NO3/c18-15(19)14-4-2-1-3-12(14)6-5-11-7-21(8-11)17(23)25-10-13-9-24-16(22)20-13;6-1-3-2-8-4(7)5-3/h1-4,11,13,15H,7-10H2,(H,20,22);3,6H,1-2H2,(H,5,7)/t13-;3-/m01/s1. The molecule has 0 unspecified atom stereocenters. The topological polar surface area (TPSA) is 126 Å². The fourth-order valence-corrected chi connectivity index (χ4v) is 3.00. The van der Waals surface area contributed by atoms with E-state index in [2.05, 4.69) is 31.9 Å². The quantitative estimate of drug-likeness (QED) is 0.449. The predicted molar refractivity (Wildman–Crippen MR) is 108 cm³/mol. The summed E-state index contributed by atoms with van der Waals surface area (Å²) >= 11 is 0. The van der Waals surface area contributed by atoms with E-state index in [1.807, 2.05) is 0 Å². The average Bonchev–Trinajstić information content (AvgIpc) is 3.39. The summed E-state index contributed by atoms with van der Waals surface area (Å²) in [4.78, 5) is 34.3. The molecule has 0 radical (unpaired) electrons. The zero-order chi connectivity index (χ0) is 23.8. The van der Waals surface area contributed by atoms with Gasteiger partial charge in [-0.2, -0.15) is 0 Å². The number of rotatable bonds is 4. The molecule has 12 heteroatoms. The lowest BCUT2D eigenvalue weighted by Gasteiger charge is -2.35. The summed E-state index contributed by atoms with van der Waals surface area (Å²) in [5.74, 6) is 5.60. The Balaban J connectivity index is 0.000000323. The molecule has 1 aromatic carbocycles. The van der Waals surface area contributed by atoms with Crippen LogP contribution in [0.1, 0.15) is 17.6 Å². The molecule has 0 aliphatic carbocycles. The van der Waals surface area contributed by atoms with E-state index in [4.69, 9.17) is 9.84 Å². The molecule has 1 aromatic rings. The lowest BCUT2D eigenvalue weighted by atomic mass is 10.0. The molecule has 0 spiro atoms. The Labute approximate surface area is 188 Å². The van der Waals surface area contributed by atoms with Crippen molar-refractivity contribution in [1.82, 2.24) is 15.5 Å². The fourth-order valence-electron chi connectivity index (χ4n) is 3.00. The number of cyclic esters (lactones) is 2. The fraction of sp³-hybridized carbons (Fsp3) is 0.476. The molecule has 3 heterocycles. The molecule has 33 heavy (non-hydrogen) atoms. The number of alkyl carbamates (subject to hydrolysis) is 2. The molecule has 10 nitrogen and oxygen atoms in total. The number of carbonyl (C=O) groups excluding carboxylic acids is 3. The smallest absolute Gasteiger partial charge is 0.409 e. The zero-order valence-electron chi connectivity index (χ0n) is 17.5. The molecule has 2 atom stereocenters. The van der Waals surface area contributed by atoms with Gasteiger partial charge in [0, 0.05) is 24.2 Å². The van der Waals surface area contributed by atoms with E-state index < -0.39 is 24.7 Å². The molecule has 3 N–H and O–H groups in total. The molecule has 0 aromatic heterocycles. The highest BCUT2D eigenvalue weighted by Crippen LogP contribution is 2.22. The third kappa shape index (κ3) is 6.95. The van der Waals surface area contributed by atoms with Gasteiger partial charge in [-0.1, -0.05) is 30.0 Å². The van der Waals surface area contributed by atoms with E-state index in [9.17, 15) is 23.2 Å². The van der Waals surface area contributed by atoms with Crippen LogP contribution >= 0.6 is 0 Å². The van der Waals surface area contributed by atoms with Gasteiger partial charge in [0.05, 0.1) is 18.6 Å². The van der Waals surface area contributed by atoms with Crippen molar-refractivity contribution in [1.29, 1.82) is 0 Å². The van der Waals surface area contributed by atoms with Crippen LogP contribution in [0.5, 0.6) is 0 Å². The summed E-state index contributed by atoms with van der Waals surface area (Å²) in [6, 6.07) is 5.58. The number of aliphatic hydroxyl groups is 1. The van der Waals surface area contributed by atoms with Crippen LogP contribution in [-0.2, 0) is 14.2 Å². The summed E-state index contributed by atoms with van der Waals surface area (Å²) in [5, 5.41) is 13.3. The van der Waals surface area contributed by atoms with Crippen molar-refractivity contribution >= 4 is 18.3 Å². The lowest BCUT2D eigenvalue weighted by Crippen LogP contribution is -2.50. The Morgan fingerprint density at radius 2 is 1.79 bits per heavy atom. The van der Waals surface area contributed by atoms with Crippen LogP contribution in [-0.4, -0.2) is 79.9 Å². The number of ether oxygens (including phenoxy) is 3. The maximum atomic E-state index is 12.9. The summed E-state index contributed by atoms with van der Waals surface area (Å²) in [7, 11) is 0. The van der Waals surface area contributed by atoms with Crippen molar-refractivity contribution in [2.75, 3.05) is 39.5 Å². The van der Waals surface area contributed by atoms with Crippen LogP contribution < -0.4 is 10.6 Å². The Morgan fingerprint density at radius 1 is 1.15 bits per heavy atom. The highest BCUT2D eigenvalue weighted by Gasteiger charge is 2.32. The number of likely N-dealkylation sites (tertiary alicyclic amines) is 1.